The van der Waals surface area contributed by atoms with Gasteiger partial charge in [-0.1, -0.05) is 20.3 Å². The summed E-state index contributed by atoms with van der Waals surface area (Å²) in [4.78, 5) is 19.0. The third-order valence-corrected chi connectivity index (χ3v) is 5.39. The number of hydrogen-bond donors (Lipinski definition) is 1. The number of piperidine rings is 1. The van der Waals surface area contributed by atoms with Crippen LogP contribution >= 0.6 is 11.3 Å². The predicted molar refractivity (Wildman–Crippen MR) is 86.3 cm³/mol. The molecular formula is C16H25N3OS. The molecule has 4 nitrogen and oxygen atoms in total. The fraction of sp³-hybridized carbons (Fsp3) is 0.750. The predicted octanol–water partition coefficient (Wildman–Crippen LogP) is 3.36. The third-order valence-electron chi connectivity index (χ3n) is 4.59. The zero-order chi connectivity index (χ0) is 14.8. The standard InChI is InChI=1S/C16H25N3OS/c1-11-6-12(2)8-19(7-11)9-14-10-21-16(17-14)18-15(20)13-4-3-5-13/h10-13H,3-9H2,1-2H3,(H,17,18,20). The van der Waals surface area contributed by atoms with E-state index in [0.717, 1.165) is 55.1 Å². The summed E-state index contributed by atoms with van der Waals surface area (Å²) in [5.41, 5.74) is 1.09. The van der Waals surface area contributed by atoms with Gasteiger partial charge in [0.15, 0.2) is 5.13 Å². The second-order valence-electron chi connectivity index (χ2n) is 6.90. The van der Waals surface area contributed by atoms with Gasteiger partial charge in [-0.25, -0.2) is 4.98 Å². The van der Waals surface area contributed by atoms with Crippen molar-refractivity contribution in [2.24, 2.45) is 17.8 Å². The number of aromatic nitrogens is 1. The molecule has 0 bridgehead atoms. The monoisotopic (exact) mass is 307 g/mol. The van der Waals surface area contributed by atoms with E-state index in [4.69, 9.17) is 0 Å². The first-order chi connectivity index (χ1) is 10.1. The smallest absolute Gasteiger partial charge is 0.229 e. The Balaban J connectivity index is 1.53. The van der Waals surface area contributed by atoms with Crippen molar-refractivity contribution in [3.63, 3.8) is 0 Å². The van der Waals surface area contributed by atoms with Gasteiger partial charge in [0.25, 0.3) is 0 Å². The molecule has 1 aliphatic heterocycles. The maximum atomic E-state index is 11.9. The summed E-state index contributed by atoms with van der Waals surface area (Å²) in [6.07, 6.45) is 4.59. The second-order valence-corrected chi connectivity index (χ2v) is 7.76. The van der Waals surface area contributed by atoms with Gasteiger partial charge in [0.2, 0.25) is 5.91 Å². The SMILES string of the molecule is CC1CC(C)CN(Cc2csc(NC(=O)C3CCC3)n2)C1. The summed E-state index contributed by atoms with van der Waals surface area (Å²) in [5, 5.41) is 5.82. The highest BCUT2D eigenvalue weighted by Crippen LogP contribution is 2.28. The van der Waals surface area contributed by atoms with Crippen LogP contribution in [0.15, 0.2) is 5.38 Å². The van der Waals surface area contributed by atoms with Crippen LogP contribution in [0, 0.1) is 17.8 Å². The van der Waals surface area contributed by atoms with Crippen molar-refractivity contribution in [2.45, 2.75) is 46.1 Å². The molecule has 1 amide bonds. The molecule has 0 radical (unpaired) electrons. The number of nitrogens with zero attached hydrogens (tertiary/aromatic N) is 2. The fourth-order valence-corrected chi connectivity index (χ4v) is 4.17. The van der Waals surface area contributed by atoms with Gasteiger partial charge in [0.1, 0.15) is 0 Å². The highest BCUT2D eigenvalue weighted by atomic mass is 32.1. The molecular weight excluding hydrogens is 282 g/mol. The first-order valence-corrected chi connectivity index (χ1v) is 8.95. The summed E-state index contributed by atoms with van der Waals surface area (Å²) < 4.78 is 0. The molecule has 1 aromatic rings. The first kappa shape index (κ1) is 15.0. The Bertz CT molecular complexity index is 487. The average molecular weight is 307 g/mol. The quantitative estimate of drug-likeness (QED) is 0.927. The number of likely N-dealkylation sites (tertiary alicyclic amines) is 1. The van der Waals surface area contributed by atoms with Crippen LogP contribution < -0.4 is 5.32 Å². The Morgan fingerprint density at radius 2 is 2.10 bits per heavy atom. The molecule has 3 rings (SSSR count). The van der Waals surface area contributed by atoms with Crippen molar-refractivity contribution < 1.29 is 4.79 Å². The molecule has 2 fully saturated rings. The Labute approximate surface area is 130 Å². The van der Waals surface area contributed by atoms with Gasteiger partial charge in [-0.05, 0) is 31.1 Å². The molecule has 2 unspecified atom stereocenters. The first-order valence-electron chi connectivity index (χ1n) is 8.07. The Hall–Kier alpha value is -0.940. The molecule has 1 aromatic heterocycles. The van der Waals surface area contributed by atoms with Crippen LogP contribution in [0.4, 0.5) is 5.13 Å². The van der Waals surface area contributed by atoms with Crippen LogP contribution in [0.1, 0.15) is 45.2 Å². The summed E-state index contributed by atoms with van der Waals surface area (Å²) in [5.74, 6) is 1.92. The lowest BCUT2D eigenvalue weighted by Gasteiger charge is -2.34. The van der Waals surface area contributed by atoms with Crippen molar-refractivity contribution >= 4 is 22.4 Å². The van der Waals surface area contributed by atoms with E-state index in [1.165, 1.54) is 12.8 Å². The van der Waals surface area contributed by atoms with Crippen LogP contribution in [-0.4, -0.2) is 28.9 Å². The van der Waals surface area contributed by atoms with Crippen LogP contribution in [0.2, 0.25) is 0 Å². The number of carbonyl (C=O) groups excluding carboxylic acids is 1. The van der Waals surface area contributed by atoms with Crippen LogP contribution in [0.25, 0.3) is 0 Å². The molecule has 21 heavy (non-hydrogen) atoms. The second kappa shape index (κ2) is 6.44. The van der Waals surface area contributed by atoms with Gasteiger partial charge in [-0.3, -0.25) is 9.69 Å². The number of hydrogen-bond acceptors (Lipinski definition) is 4. The lowest BCUT2D eigenvalue weighted by molar-refractivity contribution is -0.122. The summed E-state index contributed by atoms with van der Waals surface area (Å²) in [7, 11) is 0. The van der Waals surface area contributed by atoms with Crippen LogP contribution in [0.3, 0.4) is 0 Å². The minimum atomic E-state index is 0.155. The Morgan fingerprint density at radius 1 is 1.38 bits per heavy atom. The topological polar surface area (TPSA) is 45.2 Å². The van der Waals surface area contributed by atoms with Gasteiger partial charge in [0, 0.05) is 30.9 Å². The lowest BCUT2D eigenvalue weighted by Crippen LogP contribution is -2.38. The minimum Gasteiger partial charge on any atom is -0.302 e. The van der Waals surface area contributed by atoms with E-state index < -0.39 is 0 Å². The van der Waals surface area contributed by atoms with E-state index in [1.54, 1.807) is 11.3 Å². The van der Waals surface area contributed by atoms with Gasteiger partial charge in [-0.2, -0.15) is 0 Å². The van der Waals surface area contributed by atoms with E-state index >= 15 is 0 Å². The summed E-state index contributed by atoms with van der Waals surface area (Å²) >= 11 is 1.55. The number of carbonyl (C=O) groups is 1. The number of anilines is 1. The fourth-order valence-electron chi connectivity index (χ4n) is 3.47. The van der Waals surface area contributed by atoms with Gasteiger partial charge < -0.3 is 5.32 Å². The summed E-state index contributed by atoms with van der Waals surface area (Å²) in [6, 6.07) is 0. The highest BCUT2D eigenvalue weighted by Gasteiger charge is 2.26. The van der Waals surface area contributed by atoms with Crippen molar-refractivity contribution in [2.75, 3.05) is 18.4 Å². The average Bonchev–Trinajstić information content (AvgIpc) is 2.72. The van der Waals surface area contributed by atoms with Crippen LogP contribution in [-0.2, 0) is 11.3 Å². The summed E-state index contributed by atoms with van der Waals surface area (Å²) in [6.45, 7) is 7.88. The van der Waals surface area contributed by atoms with E-state index in [1.807, 2.05) is 0 Å². The molecule has 1 N–H and O–H groups in total. The Morgan fingerprint density at radius 3 is 2.71 bits per heavy atom. The molecule has 1 saturated carbocycles. The maximum Gasteiger partial charge on any atom is 0.229 e. The molecule has 2 aliphatic rings. The molecule has 0 spiro atoms. The Kier molecular flexibility index (Phi) is 4.60. The van der Waals surface area contributed by atoms with Crippen molar-refractivity contribution in [3.05, 3.63) is 11.1 Å². The molecule has 1 saturated heterocycles. The van der Waals surface area contributed by atoms with Gasteiger partial charge in [0.05, 0.1) is 5.69 Å². The van der Waals surface area contributed by atoms with Crippen LogP contribution in [0.5, 0.6) is 0 Å². The molecule has 116 valence electrons. The number of rotatable bonds is 4. The molecule has 5 heteroatoms. The molecule has 2 atom stereocenters. The number of amides is 1. The van der Waals surface area contributed by atoms with E-state index in [2.05, 4.69) is 34.4 Å². The molecule has 1 aliphatic carbocycles. The van der Waals surface area contributed by atoms with Gasteiger partial charge >= 0.3 is 0 Å². The zero-order valence-corrected chi connectivity index (χ0v) is 13.8. The van der Waals surface area contributed by atoms with E-state index in [-0.39, 0.29) is 11.8 Å². The van der Waals surface area contributed by atoms with Crippen molar-refractivity contribution in [3.8, 4) is 0 Å². The number of nitrogens with one attached hydrogen (secondary N) is 1. The molecule has 2 heterocycles. The zero-order valence-electron chi connectivity index (χ0n) is 13.0. The van der Waals surface area contributed by atoms with Crippen molar-refractivity contribution in [1.29, 1.82) is 0 Å². The lowest BCUT2D eigenvalue weighted by atomic mass is 9.85. The highest BCUT2D eigenvalue weighted by molar-refractivity contribution is 7.13. The normalized spacial score (nSPS) is 27.3. The maximum absolute atomic E-state index is 11.9. The van der Waals surface area contributed by atoms with Crippen molar-refractivity contribution in [1.82, 2.24) is 9.88 Å². The van der Waals surface area contributed by atoms with E-state index in [9.17, 15) is 4.79 Å². The largest absolute Gasteiger partial charge is 0.302 e. The van der Waals surface area contributed by atoms with E-state index in [0.29, 0.717) is 0 Å². The third kappa shape index (κ3) is 3.83. The van der Waals surface area contributed by atoms with Gasteiger partial charge in [-0.15, -0.1) is 11.3 Å². The minimum absolute atomic E-state index is 0.155. The number of thiazole rings is 1. The molecule has 0 aromatic carbocycles.